The van der Waals surface area contributed by atoms with E-state index in [0.29, 0.717) is 6.42 Å². The van der Waals surface area contributed by atoms with E-state index < -0.39 is 32.8 Å². The Morgan fingerprint density at radius 3 is 2.54 bits per heavy atom. The van der Waals surface area contributed by atoms with Gasteiger partial charge >= 0.3 is 5.22 Å². The Morgan fingerprint density at radius 1 is 1.33 bits per heavy atom. The van der Waals surface area contributed by atoms with Crippen molar-refractivity contribution in [1.29, 1.82) is 0 Å². The second kappa shape index (κ2) is 7.08. The number of carbonyl (C=O) groups excluding carboxylic acids is 1. The molecule has 7 nitrogen and oxygen atoms in total. The Balaban J connectivity index is 2.31. The van der Waals surface area contributed by atoms with Crippen LogP contribution in [0.25, 0.3) is 0 Å². The zero-order valence-electron chi connectivity index (χ0n) is 13.5. The topological polar surface area (TPSA) is 102 Å². The SMILES string of the molecule is CC[C@@H](C)[C@H](NC(=O)c1ccccc1F)c1nnc(S(C)(=O)=O)o1. The average molecular weight is 355 g/mol. The molecule has 0 aliphatic rings. The summed E-state index contributed by atoms with van der Waals surface area (Å²) in [5, 5.41) is 9.32. The molecule has 1 aromatic carbocycles. The number of sulfone groups is 1. The summed E-state index contributed by atoms with van der Waals surface area (Å²) in [5.41, 5.74) is -0.117. The van der Waals surface area contributed by atoms with E-state index in [1.165, 1.54) is 18.2 Å². The first-order chi connectivity index (χ1) is 11.2. The molecule has 0 aliphatic heterocycles. The third-order valence-electron chi connectivity index (χ3n) is 3.62. The standard InChI is InChI=1S/C15H18FN3O4S/c1-4-9(2)12(14-18-19-15(23-14)24(3,21)22)17-13(20)10-7-5-6-8-11(10)16/h5-9,12H,4H2,1-3H3,(H,17,20)/t9-,12+/m1/s1. The van der Waals surface area contributed by atoms with Crippen LogP contribution in [-0.4, -0.2) is 30.8 Å². The van der Waals surface area contributed by atoms with Crippen molar-refractivity contribution in [1.82, 2.24) is 15.5 Å². The van der Waals surface area contributed by atoms with Gasteiger partial charge in [-0.05, 0) is 18.1 Å². The summed E-state index contributed by atoms with van der Waals surface area (Å²) < 4.78 is 41.9. The Labute approximate surface area is 139 Å². The zero-order valence-corrected chi connectivity index (χ0v) is 14.3. The maximum Gasteiger partial charge on any atom is 0.335 e. The quantitative estimate of drug-likeness (QED) is 0.851. The van der Waals surface area contributed by atoms with Gasteiger partial charge in [-0.1, -0.05) is 37.5 Å². The largest absolute Gasteiger partial charge is 0.410 e. The fraction of sp³-hybridized carbons (Fsp3) is 0.400. The number of halogens is 1. The van der Waals surface area contributed by atoms with Crippen LogP contribution in [0.4, 0.5) is 4.39 Å². The summed E-state index contributed by atoms with van der Waals surface area (Å²) in [4.78, 5) is 12.3. The van der Waals surface area contributed by atoms with E-state index in [1.54, 1.807) is 6.07 Å². The fourth-order valence-corrected chi connectivity index (χ4v) is 2.47. The number of hydrogen-bond donors (Lipinski definition) is 1. The van der Waals surface area contributed by atoms with Crippen LogP contribution in [0.2, 0.25) is 0 Å². The van der Waals surface area contributed by atoms with Crippen LogP contribution in [-0.2, 0) is 9.84 Å². The van der Waals surface area contributed by atoms with Crippen LogP contribution in [0.1, 0.15) is 42.6 Å². The highest BCUT2D eigenvalue weighted by atomic mass is 32.2. The molecule has 9 heteroatoms. The number of hydrogen-bond acceptors (Lipinski definition) is 6. The van der Waals surface area contributed by atoms with Crippen molar-refractivity contribution in [2.24, 2.45) is 5.92 Å². The Hall–Kier alpha value is -2.29. The third-order valence-corrected chi connectivity index (χ3v) is 4.42. The Bertz CT molecular complexity index is 835. The Kier molecular flexibility index (Phi) is 5.33. The number of benzene rings is 1. The van der Waals surface area contributed by atoms with Crippen LogP contribution >= 0.6 is 0 Å². The van der Waals surface area contributed by atoms with Gasteiger partial charge in [0.15, 0.2) is 0 Å². The molecule has 0 fully saturated rings. The summed E-state index contributed by atoms with van der Waals surface area (Å²) in [5.74, 6) is -1.46. The molecule has 1 amide bonds. The van der Waals surface area contributed by atoms with Gasteiger partial charge in [-0.3, -0.25) is 4.79 Å². The molecule has 24 heavy (non-hydrogen) atoms. The molecule has 0 saturated carbocycles. The predicted octanol–water partition coefficient (Wildman–Crippen LogP) is 2.13. The molecule has 0 aliphatic carbocycles. The number of amides is 1. The van der Waals surface area contributed by atoms with Gasteiger partial charge in [0.05, 0.1) is 5.56 Å². The van der Waals surface area contributed by atoms with Crippen LogP contribution < -0.4 is 5.32 Å². The molecule has 2 aromatic rings. The maximum absolute atomic E-state index is 13.7. The van der Waals surface area contributed by atoms with E-state index in [4.69, 9.17) is 4.42 Å². The lowest BCUT2D eigenvalue weighted by Crippen LogP contribution is -2.33. The minimum Gasteiger partial charge on any atom is -0.410 e. The lowest BCUT2D eigenvalue weighted by atomic mass is 9.98. The molecule has 1 aromatic heterocycles. The molecular weight excluding hydrogens is 337 g/mol. The van der Waals surface area contributed by atoms with E-state index in [0.717, 1.165) is 6.26 Å². The molecule has 0 saturated heterocycles. The van der Waals surface area contributed by atoms with Crippen LogP contribution in [0, 0.1) is 11.7 Å². The van der Waals surface area contributed by atoms with Crippen molar-refractivity contribution in [2.45, 2.75) is 31.5 Å². The van der Waals surface area contributed by atoms with Crippen molar-refractivity contribution in [2.75, 3.05) is 6.26 Å². The molecule has 130 valence electrons. The van der Waals surface area contributed by atoms with Gasteiger partial charge in [-0.25, -0.2) is 12.8 Å². The minimum atomic E-state index is -3.65. The highest BCUT2D eigenvalue weighted by Gasteiger charge is 2.28. The number of nitrogens with one attached hydrogen (secondary N) is 1. The molecule has 0 spiro atoms. The molecule has 0 radical (unpaired) electrons. The van der Waals surface area contributed by atoms with E-state index in [-0.39, 0.29) is 17.4 Å². The summed E-state index contributed by atoms with van der Waals surface area (Å²) in [6, 6.07) is 4.83. The van der Waals surface area contributed by atoms with E-state index >= 15 is 0 Å². The van der Waals surface area contributed by atoms with Crippen molar-refractivity contribution in [3.8, 4) is 0 Å². The maximum atomic E-state index is 13.7. The second-order valence-electron chi connectivity index (χ2n) is 5.49. The highest BCUT2D eigenvalue weighted by molar-refractivity contribution is 7.90. The lowest BCUT2D eigenvalue weighted by Gasteiger charge is -2.21. The number of carbonyl (C=O) groups is 1. The molecule has 0 unspecified atom stereocenters. The molecule has 2 rings (SSSR count). The van der Waals surface area contributed by atoms with Crippen molar-refractivity contribution < 1.29 is 22.0 Å². The van der Waals surface area contributed by atoms with Gasteiger partial charge in [-0.2, -0.15) is 0 Å². The molecule has 1 N–H and O–H groups in total. The number of rotatable bonds is 6. The molecule has 1 heterocycles. The first-order valence-electron chi connectivity index (χ1n) is 7.33. The van der Waals surface area contributed by atoms with Gasteiger partial charge < -0.3 is 9.73 Å². The van der Waals surface area contributed by atoms with E-state index in [9.17, 15) is 17.6 Å². The molecular formula is C15H18FN3O4S. The van der Waals surface area contributed by atoms with Crippen LogP contribution in [0.15, 0.2) is 33.9 Å². The van der Waals surface area contributed by atoms with Gasteiger partial charge in [0.25, 0.3) is 5.91 Å². The third kappa shape index (κ3) is 3.97. The first-order valence-corrected chi connectivity index (χ1v) is 9.22. The lowest BCUT2D eigenvalue weighted by molar-refractivity contribution is 0.0907. The van der Waals surface area contributed by atoms with Crippen molar-refractivity contribution in [3.05, 3.63) is 41.5 Å². The smallest absolute Gasteiger partial charge is 0.335 e. The normalized spacial score (nSPS) is 14.2. The van der Waals surface area contributed by atoms with Crippen LogP contribution in [0.3, 0.4) is 0 Å². The van der Waals surface area contributed by atoms with E-state index in [1.807, 2.05) is 13.8 Å². The van der Waals surface area contributed by atoms with Crippen molar-refractivity contribution >= 4 is 15.7 Å². The van der Waals surface area contributed by atoms with Gasteiger partial charge in [0, 0.05) is 6.26 Å². The second-order valence-corrected chi connectivity index (χ2v) is 7.39. The Morgan fingerprint density at radius 2 is 2.00 bits per heavy atom. The fourth-order valence-electron chi connectivity index (χ4n) is 2.04. The average Bonchev–Trinajstić information content (AvgIpc) is 3.02. The van der Waals surface area contributed by atoms with Gasteiger partial charge in [0.2, 0.25) is 15.7 Å². The zero-order chi connectivity index (χ0) is 17.9. The predicted molar refractivity (Wildman–Crippen MR) is 83.5 cm³/mol. The summed E-state index contributed by atoms with van der Waals surface area (Å²) >= 11 is 0. The highest BCUT2D eigenvalue weighted by Crippen LogP contribution is 2.25. The van der Waals surface area contributed by atoms with Gasteiger partial charge in [0.1, 0.15) is 11.9 Å². The first kappa shape index (κ1) is 18.1. The minimum absolute atomic E-state index is 0.0329. The van der Waals surface area contributed by atoms with Gasteiger partial charge in [-0.15, -0.1) is 5.10 Å². The number of nitrogens with zero attached hydrogens (tertiary/aromatic N) is 2. The monoisotopic (exact) mass is 355 g/mol. The van der Waals surface area contributed by atoms with Crippen LogP contribution in [0.5, 0.6) is 0 Å². The molecule has 2 atom stereocenters. The summed E-state index contributed by atoms with van der Waals surface area (Å²) in [6.45, 7) is 3.72. The van der Waals surface area contributed by atoms with E-state index in [2.05, 4.69) is 15.5 Å². The van der Waals surface area contributed by atoms with Crippen molar-refractivity contribution in [3.63, 3.8) is 0 Å². The molecule has 0 bridgehead atoms. The summed E-state index contributed by atoms with van der Waals surface area (Å²) in [6.07, 6.45) is 1.60. The number of aromatic nitrogens is 2. The summed E-state index contributed by atoms with van der Waals surface area (Å²) in [7, 11) is -3.65.